The topological polar surface area (TPSA) is 44.2 Å². The van der Waals surface area contributed by atoms with Gasteiger partial charge in [0.1, 0.15) is 0 Å². The lowest BCUT2D eigenvalue weighted by Crippen LogP contribution is -2.41. The number of aromatic nitrogens is 2. The molecule has 2 aliphatic rings. The van der Waals surface area contributed by atoms with Crippen LogP contribution < -0.4 is 5.59 Å². The minimum atomic E-state index is -0.469. The second-order valence-electron chi connectivity index (χ2n) is 6.35. The van der Waals surface area contributed by atoms with Gasteiger partial charge in [-0.15, -0.1) is 0 Å². The molecule has 102 valence electrons. The summed E-state index contributed by atoms with van der Waals surface area (Å²) in [4.78, 5) is 8.54. The summed E-state index contributed by atoms with van der Waals surface area (Å²) in [6.45, 7) is 8.10. The SMILES string of the molecule is CC1(C)OB(c2cc(C3CC3)nc(Cl)n2)OC1(C)C. The molecule has 0 amide bonds. The Morgan fingerprint density at radius 1 is 1.16 bits per heavy atom. The van der Waals surface area contributed by atoms with Crippen molar-refractivity contribution in [1.29, 1.82) is 0 Å². The standard InChI is InChI=1S/C13H18BClN2O2/c1-12(2)13(3,4)19-14(18-12)10-7-9(8-5-6-8)16-11(15)17-10/h7-8H,5-6H2,1-4H3. The van der Waals surface area contributed by atoms with Crippen LogP contribution in [0.4, 0.5) is 0 Å². The normalized spacial score (nSPS) is 24.8. The Hall–Kier alpha value is -0.645. The highest BCUT2D eigenvalue weighted by Crippen LogP contribution is 2.39. The maximum atomic E-state index is 6.01. The molecule has 0 N–H and O–H groups in total. The number of rotatable bonds is 2. The molecule has 4 nitrogen and oxygen atoms in total. The van der Waals surface area contributed by atoms with Gasteiger partial charge in [-0.1, -0.05) is 0 Å². The number of hydrogen-bond donors (Lipinski definition) is 0. The maximum Gasteiger partial charge on any atom is 0.514 e. The molecule has 0 atom stereocenters. The van der Waals surface area contributed by atoms with Crippen molar-refractivity contribution in [3.05, 3.63) is 17.0 Å². The lowest BCUT2D eigenvalue weighted by atomic mass is 9.84. The number of halogens is 1. The summed E-state index contributed by atoms with van der Waals surface area (Å²) in [7, 11) is -0.469. The molecule has 1 aliphatic heterocycles. The van der Waals surface area contributed by atoms with Crippen LogP contribution in [-0.4, -0.2) is 28.3 Å². The summed E-state index contributed by atoms with van der Waals surface area (Å²) < 4.78 is 12.0. The van der Waals surface area contributed by atoms with Gasteiger partial charge in [0.2, 0.25) is 5.28 Å². The fourth-order valence-electron chi connectivity index (χ4n) is 2.13. The molecule has 0 spiro atoms. The van der Waals surface area contributed by atoms with E-state index in [9.17, 15) is 0 Å². The van der Waals surface area contributed by atoms with Crippen LogP contribution in [0.1, 0.15) is 52.1 Å². The Labute approximate surface area is 119 Å². The van der Waals surface area contributed by atoms with E-state index in [1.165, 1.54) is 12.8 Å². The summed E-state index contributed by atoms with van der Waals surface area (Å²) in [5.74, 6) is 0.529. The number of nitrogens with zero attached hydrogens (tertiary/aromatic N) is 2. The lowest BCUT2D eigenvalue weighted by Gasteiger charge is -2.32. The van der Waals surface area contributed by atoms with Gasteiger partial charge in [0, 0.05) is 11.6 Å². The van der Waals surface area contributed by atoms with Crippen LogP contribution >= 0.6 is 11.6 Å². The molecule has 1 saturated heterocycles. The van der Waals surface area contributed by atoms with E-state index in [2.05, 4.69) is 9.97 Å². The van der Waals surface area contributed by atoms with E-state index in [1.807, 2.05) is 33.8 Å². The van der Waals surface area contributed by atoms with Crippen LogP contribution in [0.3, 0.4) is 0 Å². The molecule has 0 bridgehead atoms. The van der Waals surface area contributed by atoms with E-state index < -0.39 is 7.12 Å². The summed E-state index contributed by atoms with van der Waals surface area (Å²) in [5, 5.41) is 0.272. The third kappa shape index (κ3) is 2.39. The Balaban J connectivity index is 1.91. The van der Waals surface area contributed by atoms with Crippen molar-refractivity contribution in [2.24, 2.45) is 0 Å². The molecule has 0 radical (unpaired) electrons. The van der Waals surface area contributed by atoms with Crippen molar-refractivity contribution < 1.29 is 9.31 Å². The van der Waals surface area contributed by atoms with Gasteiger partial charge in [0.15, 0.2) is 0 Å². The van der Waals surface area contributed by atoms with E-state index in [1.54, 1.807) is 0 Å². The summed E-state index contributed by atoms with van der Waals surface area (Å²) >= 11 is 6.01. The van der Waals surface area contributed by atoms with Crippen LogP contribution in [0.25, 0.3) is 0 Å². The van der Waals surface area contributed by atoms with Crippen molar-refractivity contribution in [2.45, 2.75) is 57.7 Å². The van der Waals surface area contributed by atoms with Crippen molar-refractivity contribution in [1.82, 2.24) is 9.97 Å². The fourth-order valence-corrected chi connectivity index (χ4v) is 2.32. The van der Waals surface area contributed by atoms with Crippen LogP contribution in [0.15, 0.2) is 6.07 Å². The molecular weight excluding hydrogens is 262 g/mol. The average molecular weight is 281 g/mol. The highest BCUT2D eigenvalue weighted by Gasteiger charge is 2.52. The maximum absolute atomic E-state index is 6.01. The molecule has 1 aromatic heterocycles. The number of hydrogen-bond acceptors (Lipinski definition) is 4. The highest BCUT2D eigenvalue weighted by atomic mass is 35.5. The molecule has 6 heteroatoms. The molecule has 2 heterocycles. The fraction of sp³-hybridized carbons (Fsp3) is 0.692. The first-order valence-corrected chi connectivity index (χ1v) is 7.06. The van der Waals surface area contributed by atoms with E-state index in [0.29, 0.717) is 5.92 Å². The molecule has 0 aromatic carbocycles. The molecule has 0 unspecified atom stereocenters. The third-order valence-electron chi connectivity index (χ3n) is 4.23. The molecule has 1 saturated carbocycles. The van der Waals surface area contributed by atoms with E-state index in [4.69, 9.17) is 20.9 Å². The molecule has 19 heavy (non-hydrogen) atoms. The Kier molecular flexibility index (Phi) is 2.93. The average Bonchev–Trinajstić information content (AvgIpc) is 3.06. The molecular formula is C13H18BClN2O2. The van der Waals surface area contributed by atoms with Gasteiger partial charge in [-0.25, -0.2) is 9.97 Å². The van der Waals surface area contributed by atoms with E-state index in [0.717, 1.165) is 11.3 Å². The van der Waals surface area contributed by atoms with Crippen molar-refractivity contribution in [3.8, 4) is 0 Å². The van der Waals surface area contributed by atoms with Gasteiger partial charge in [0.25, 0.3) is 0 Å². The van der Waals surface area contributed by atoms with Crippen LogP contribution in [0, 0.1) is 0 Å². The first kappa shape index (κ1) is 13.3. The monoisotopic (exact) mass is 280 g/mol. The predicted molar refractivity (Wildman–Crippen MR) is 74.7 cm³/mol. The summed E-state index contributed by atoms with van der Waals surface area (Å²) in [6, 6.07) is 1.96. The smallest absolute Gasteiger partial charge is 0.398 e. The van der Waals surface area contributed by atoms with E-state index >= 15 is 0 Å². The highest BCUT2D eigenvalue weighted by molar-refractivity contribution is 6.61. The van der Waals surface area contributed by atoms with Crippen molar-refractivity contribution >= 4 is 24.3 Å². The zero-order valence-corrected chi connectivity index (χ0v) is 12.5. The van der Waals surface area contributed by atoms with Crippen molar-refractivity contribution in [2.75, 3.05) is 0 Å². The van der Waals surface area contributed by atoms with Gasteiger partial charge in [-0.2, -0.15) is 0 Å². The Bertz CT molecular complexity index is 501. The van der Waals surface area contributed by atoms with Crippen LogP contribution in [0.2, 0.25) is 5.28 Å². The van der Waals surface area contributed by atoms with Gasteiger partial charge >= 0.3 is 7.12 Å². The van der Waals surface area contributed by atoms with E-state index in [-0.39, 0.29) is 16.5 Å². The summed E-state index contributed by atoms with van der Waals surface area (Å²) in [5.41, 5.74) is 0.995. The molecule has 1 aliphatic carbocycles. The Morgan fingerprint density at radius 3 is 2.26 bits per heavy atom. The van der Waals surface area contributed by atoms with Gasteiger partial charge in [-0.05, 0) is 58.2 Å². The van der Waals surface area contributed by atoms with Crippen LogP contribution in [0.5, 0.6) is 0 Å². The van der Waals surface area contributed by atoms with Gasteiger partial charge < -0.3 is 9.31 Å². The molecule has 3 rings (SSSR count). The first-order chi connectivity index (χ1) is 8.78. The minimum Gasteiger partial charge on any atom is -0.398 e. The zero-order chi connectivity index (χ0) is 13.8. The van der Waals surface area contributed by atoms with Crippen LogP contribution in [-0.2, 0) is 9.31 Å². The van der Waals surface area contributed by atoms with Gasteiger partial charge in [-0.3, -0.25) is 0 Å². The first-order valence-electron chi connectivity index (χ1n) is 6.68. The van der Waals surface area contributed by atoms with Crippen molar-refractivity contribution in [3.63, 3.8) is 0 Å². The van der Waals surface area contributed by atoms with Gasteiger partial charge in [0.05, 0.1) is 16.8 Å². The molecule has 2 fully saturated rings. The second kappa shape index (κ2) is 4.17. The second-order valence-corrected chi connectivity index (χ2v) is 6.69. The lowest BCUT2D eigenvalue weighted by molar-refractivity contribution is 0.00578. The molecule has 1 aromatic rings. The zero-order valence-electron chi connectivity index (χ0n) is 11.7. The third-order valence-corrected chi connectivity index (χ3v) is 4.40. The minimum absolute atomic E-state index is 0.272. The Morgan fingerprint density at radius 2 is 1.74 bits per heavy atom. The quantitative estimate of drug-likeness (QED) is 0.616. The summed E-state index contributed by atoms with van der Waals surface area (Å²) in [6.07, 6.45) is 2.35. The predicted octanol–water partition coefficient (Wildman–Crippen LogP) is 2.31. The largest absolute Gasteiger partial charge is 0.514 e.